The van der Waals surface area contributed by atoms with Gasteiger partial charge in [-0.1, -0.05) is 259 Å². The Kier molecular flexibility index (Phi) is 55.9. The van der Waals surface area contributed by atoms with Crippen LogP contribution in [0.5, 0.6) is 0 Å². The van der Waals surface area contributed by atoms with Gasteiger partial charge in [0.05, 0.1) is 0 Å². The van der Waals surface area contributed by atoms with Gasteiger partial charge in [0.2, 0.25) is 0 Å². The number of rotatable bonds is 53. The summed E-state index contributed by atoms with van der Waals surface area (Å²) in [4.78, 5) is 37.8. The molecule has 6 heteroatoms. The molecule has 0 radical (unpaired) electrons. The number of allylic oxidation sites excluding steroid dienone is 16. The van der Waals surface area contributed by atoms with Crippen molar-refractivity contribution in [2.45, 2.75) is 284 Å². The second kappa shape index (κ2) is 58.9. The Morgan fingerprint density at radius 3 is 0.859 bits per heavy atom. The van der Waals surface area contributed by atoms with Gasteiger partial charge in [0.15, 0.2) is 6.10 Å². The van der Waals surface area contributed by atoms with Crippen molar-refractivity contribution in [1.82, 2.24) is 0 Å². The third kappa shape index (κ3) is 57.1. The predicted octanol–water partition coefficient (Wildman–Crippen LogP) is 20.1. The summed E-state index contributed by atoms with van der Waals surface area (Å²) in [5.74, 6) is -0.909. The molecule has 406 valence electrons. The zero-order valence-corrected chi connectivity index (χ0v) is 46.5. The van der Waals surface area contributed by atoms with Gasteiger partial charge in [0.25, 0.3) is 0 Å². The van der Waals surface area contributed by atoms with Crippen LogP contribution in [0.2, 0.25) is 0 Å². The van der Waals surface area contributed by atoms with E-state index in [0.29, 0.717) is 19.3 Å². The molecule has 0 aliphatic carbocycles. The van der Waals surface area contributed by atoms with E-state index in [9.17, 15) is 14.4 Å². The molecule has 0 aliphatic rings. The van der Waals surface area contributed by atoms with Gasteiger partial charge in [0, 0.05) is 19.3 Å². The third-order valence-electron chi connectivity index (χ3n) is 12.6. The summed E-state index contributed by atoms with van der Waals surface area (Å²) in [6.07, 6.45) is 79.0. The Morgan fingerprint density at radius 2 is 0.549 bits per heavy atom. The topological polar surface area (TPSA) is 78.9 Å². The molecule has 0 aromatic heterocycles. The van der Waals surface area contributed by atoms with Crippen LogP contribution < -0.4 is 0 Å². The summed E-state index contributed by atoms with van der Waals surface area (Å²) in [6, 6.07) is 0. The maximum absolute atomic E-state index is 12.7. The molecule has 0 saturated carbocycles. The van der Waals surface area contributed by atoms with Crippen molar-refractivity contribution in [3.05, 3.63) is 97.2 Å². The molecule has 0 spiro atoms. The van der Waals surface area contributed by atoms with Crippen LogP contribution in [0, 0.1) is 0 Å². The molecule has 0 aliphatic heterocycles. The Hall–Kier alpha value is -3.67. The first-order valence-corrected chi connectivity index (χ1v) is 29.7. The molecule has 71 heavy (non-hydrogen) atoms. The van der Waals surface area contributed by atoms with Crippen molar-refractivity contribution in [2.75, 3.05) is 13.2 Å². The van der Waals surface area contributed by atoms with E-state index in [1.807, 2.05) is 0 Å². The Morgan fingerprint density at radius 1 is 0.296 bits per heavy atom. The fourth-order valence-electron chi connectivity index (χ4n) is 8.19. The van der Waals surface area contributed by atoms with E-state index in [2.05, 4.69) is 118 Å². The maximum Gasteiger partial charge on any atom is 0.306 e. The van der Waals surface area contributed by atoms with Crippen molar-refractivity contribution in [1.29, 1.82) is 0 Å². The van der Waals surface area contributed by atoms with E-state index in [0.717, 1.165) is 135 Å². The molecule has 0 aromatic rings. The lowest BCUT2D eigenvalue weighted by Gasteiger charge is -2.18. The second-order valence-corrected chi connectivity index (χ2v) is 19.5. The molecular formula is C65H110O6. The summed E-state index contributed by atoms with van der Waals surface area (Å²) in [5.41, 5.74) is 0. The lowest BCUT2D eigenvalue weighted by molar-refractivity contribution is -0.167. The van der Waals surface area contributed by atoms with Gasteiger partial charge in [-0.05, 0) is 96.3 Å². The van der Waals surface area contributed by atoms with Crippen molar-refractivity contribution in [2.24, 2.45) is 0 Å². The van der Waals surface area contributed by atoms with E-state index in [1.54, 1.807) is 0 Å². The molecule has 0 heterocycles. The van der Waals surface area contributed by atoms with Gasteiger partial charge in [-0.3, -0.25) is 14.4 Å². The van der Waals surface area contributed by atoms with Crippen molar-refractivity contribution < 1.29 is 28.6 Å². The third-order valence-corrected chi connectivity index (χ3v) is 12.6. The average Bonchev–Trinajstić information content (AvgIpc) is 3.37. The van der Waals surface area contributed by atoms with Crippen LogP contribution in [0.3, 0.4) is 0 Å². The highest BCUT2D eigenvalue weighted by Gasteiger charge is 2.19. The minimum atomic E-state index is -0.781. The molecule has 1 unspecified atom stereocenters. The summed E-state index contributed by atoms with van der Waals surface area (Å²) in [7, 11) is 0. The fraction of sp³-hybridized carbons (Fsp3) is 0.708. The molecule has 0 rings (SSSR count). The molecule has 1 atom stereocenters. The van der Waals surface area contributed by atoms with Crippen LogP contribution in [0.1, 0.15) is 278 Å². The van der Waals surface area contributed by atoms with Crippen LogP contribution in [-0.4, -0.2) is 37.2 Å². The van der Waals surface area contributed by atoms with E-state index in [1.165, 1.54) is 103 Å². The zero-order chi connectivity index (χ0) is 51.4. The van der Waals surface area contributed by atoms with Gasteiger partial charge in [-0.25, -0.2) is 0 Å². The average molecular weight is 988 g/mol. The minimum absolute atomic E-state index is 0.0823. The molecule has 0 N–H and O–H groups in total. The molecule has 0 fully saturated rings. The highest BCUT2D eigenvalue weighted by atomic mass is 16.6. The zero-order valence-electron chi connectivity index (χ0n) is 46.5. The Labute approximate surface area is 438 Å². The lowest BCUT2D eigenvalue weighted by atomic mass is 10.0. The van der Waals surface area contributed by atoms with Gasteiger partial charge in [-0.2, -0.15) is 0 Å². The van der Waals surface area contributed by atoms with Crippen LogP contribution in [0.4, 0.5) is 0 Å². The molecule has 0 saturated heterocycles. The number of hydrogen-bond acceptors (Lipinski definition) is 6. The summed E-state index contributed by atoms with van der Waals surface area (Å²) in [6.45, 7) is 6.32. The predicted molar refractivity (Wildman–Crippen MR) is 307 cm³/mol. The van der Waals surface area contributed by atoms with Crippen LogP contribution in [0.15, 0.2) is 97.2 Å². The smallest absolute Gasteiger partial charge is 0.306 e. The lowest BCUT2D eigenvalue weighted by Crippen LogP contribution is -2.30. The summed E-state index contributed by atoms with van der Waals surface area (Å²) < 4.78 is 16.7. The number of unbranched alkanes of at least 4 members (excludes halogenated alkanes) is 26. The molecular weight excluding hydrogens is 877 g/mol. The second-order valence-electron chi connectivity index (χ2n) is 19.5. The van der Waals surface area contributed by atoms with Gasteiger partial charge >= 0.3 is 17.9 Å². The van der Waals surface area contributed by atoms with E-state index in [4.69, 9.17) is 14.2 Å². The largest absolute Gasteiger partial charge is 0.462 e. The van der Waals surface area contributed by atoms with Gasteiger partial charge in [-0.15, -0.1) is 0 Å². The first-order chi connectivity index (χ1) is 35.0. The first-order valence-electron chi connectivity index (χ1n) is 29.7. The Bertz CT molecular complexity index is 1410. The minimum Gasteiger partial charge on any atom is -0.462 e. The van der Waals surface area contributed by atoms with Gasteiger partial charge in [0.1, 0.15) is 13.2 Å². The molecule has 0 amide bonds. The number of hydrogen-bond donors (Lipinski definition) is 0. The van der Waals surface area contributed by atoms with E-state index in [-0.39, 0.29) is 31.1 Å². The SMILES string of the molecule is CC/C=C\C/C=C\C/C=C\C/C=C\C/C=C\CCCCCCCCCCCCCCCCCCCC(=O)OCC(COC(=O)CCCCCCC)OC(=O)CCCCCCC/C=C\C/C=C\C/C=C\CC. The number of esters is 3. The van der Waals surface area contributed by atoms with Gasteiger partial charge < -0.3 is 14.2 Å². The van der Waals surface area contributed by atoms with Crippen molar-refractivity contribution >= 4 is 17.9 Å². The monoisotopic (exact) mass is 987 g/mol. The molecule has 0 bridgehead atoms. The van der Waals surface area contributed by atoms with E-state index >= 15 is 0 Å². The van der Waals surface area contributed by atoms with Crippen LogP contribution in [-0.2, 0) is 28.6 Å². The maximum atomic E-state index is 12.7. The fourth-order valence-corrected chi connectivity index (χ4v) is 8.19. The first kappa shape index (κ1) is 67.3. The standard InChI is InChI=1S/C65H110O6/c1-4-7-10-13-15-17-19-21-23-24-25-26-27-28-29-30-31-32-33-34-35-36-37-38-39-40-42-43-45-47-49-52-55-58-64(67)70-61-62(60-69-63(66)57-54-51-12-9-6-3)71-65(68)59-56-53-50-48-46-44-41-22-20-18-16-14-11-8-5-2/h7-8,10-11,15-18,21-23,25-26,28-29,41,62H,4-6,9,12-14,19-20,24,27,30-40,42-61H2,1-3H3/b10-7-,11-8-,17-15-,18-16-,23-21-,26-25-,29-28-,41-22-. The van der Waals surface area contributed by atoms with Crippen LogP contribution >= 0.6 is 0 Å². The quantitative estimate of drug-likeness (QED) is 0.0261. The summed E-state index contributed by atoms with van der Waals surface area (Å²) in [5, 5.41) is 0. The van der Waals surface area contributed by atoms with Crippen LogP contribution in [0.25, 0.3) is 0 Å². The van der Waals surface area contributed by atoms with E-state index < -0.39 is 6.10 Å². The number of ether oxygens (including phenoxy) is 3. The normalized spacial score (nSPS) is 12.8. The van der Waals surface area contributed by atoms with Crippen molar-refractivity contribution in [3.63, 3.8) is 0 Å². The molecule has 6 nitrogen and oxygen atoms in total. The van der Waals surface area contributed by atoms with Crippen molar-refractivity contribution in [3.8, 4) is 0 Å². The Balaban J connectivity index is 3.96. The summed E-state index contributed by atoms with van der Waals surface area (Å²) >= 11 is 0. The highest BCUT2D eigenvalue weighted by Crippen LogP contribution is 2.16. The number of carbonyl (C=O) groups is 3. The highest BCUT2D eigenvalue weighted by molar-refractivity contribution is 5.71. The number of carbonyl (C=O) groups excluding carboxylic acids is 3. The molecule has 0 aromatic carbocycles.